The lowest BCUT2D eigenvalue weighted by atomic mass is 10.0. The molecule has 3 N–H and O–H groups in total. The van der Waals surface area contributed by atoms with E-state index in [0.717, 1.165) is 19.4 Å². The molecule has 1 aliphatic heterocycles. The van der Waals surface area contributed by atoms with Crippen LogP contribution in [0.1, 0.15) is 48.4 Å². The van der Waals surface area contributed by atoms with Crippen molar-refractivity contribution in [2.24, 2.45) is 0 Å². The number of hydrogen-bond acceptors (Lipinski definition) is 4. The fraction of sp³-hybridized carbons (Fsp3) is 0.571. The Morgan fingerprint density at radius 1 is 1.40 bits per heavy atom. The molecule has 6 nitrogen and oxygen atoms in total. The molecule has 1 amide bonds. The number of carbonyl (C=O) groups excluding carboxylic acids is 1. The number of hydrogen-bond donors (Lipinski definition) is 3. The van der Waals surface area contributed by atoms with Gasteiger partial charge in [-0.25, -0.2) is 4.79 Å². The van der Waals surface area contributed by atoms with Gasteiger partial charge >= 0.3 is 5.97 Å². The molecule has 6 heteroatoms. The highest BCUT2D eigenvalue weighted by atomic mass is 16.4. The van der Waals surface area contributed by atoms with Crippen LogP contribution in [0.2, 0.25) is 0 Å². The van der Waals surface area contributed by atoms with Crippen molar-refractivity contribution in [2.75, 3.05) is 6.54 Å². The molecular weight excluding hydrogens is 260 g/mol. The van der Waals surface area contributed by atoms with Crippen LogP contribution in [0.5, 0.6) is 0 Å². The molecule has 1 aliphatic rings. The summed E-state index contributed by atoms with van der Waals surface area (Å²) in [4.78, 5) is 22.3. The minimum atomic E-state index is -1.11. The van der Waals surface area contributed by atoms with Gasteiger partial charge in [-0.05, 0) is 37.9 Å². The minimum Gasteiger partial charge on any atom is -0.475 e. The van der Waals surface area contributed by atoms with Gasteiger partial charge in [-0.1, -0.05) is 6.42 Å². The highest BCUT2D eigenvalue weighted by Crippen LogP contribution is 2.12. The highest BCUT2D eigenvalue weighted by molar-refractivity contribution is 5.84. The summed E-state index contributed by atoms with van der Waals surface area (Å²) in [6.07, 6.45) is 4.89. The molecule has 0 aliphatic carbocycles. The largest absolute Gasteiger partial charge is 0.475 e. The molecule has 0 radical (unpaired) electrons. The Morgan fingerprint density at radius 2 is 2.25 bits per heavy atom. The predicted molar refractivity (Wildman–Crippen MR) is 72.4 cm³/mol. The Labute approximate surface area is 117 Å². The molecule has 1 aromatic rings. The van der Waals surface area contributed by atoms with Gasteiger partial charge < -0.3 is 20.2 Å². The lowest BCUT2D eigenvalue weighted by molar-refractivity contribution is -0.121. The number of amides is 1. The lowest BCUT2D eigenvalue weighted by Gasteiger charge is -2.22. The molecule has 2 rings (SSSR count). The first-order valence-electron chi connectivity index (χ1n) is 6.97. The first-order valence-corrected chi connectivity index (χ1v) is 6.97. The lowest BCUT2D eigenvalue weighted by Crippen LogP contribution is -2.35. The van der Waals surface area contributed by atoms with E-state index in [0.29, 0.717) is 18.2 Å². The fourth-order valence-electron chi connectivity index (χ4n) is 2.34. The van der Waals surface area contributed by atoms with E-state index in [2.05, 4.69) is 10.6 Å². The Balaban J connectivity index is 1.67. The van der Waals surface area contributed by atoms with Gasteiger partial charge in [0.15, 0.2) is 0 Å². The van der Waals surface area contributed by atoms with Crippen molar-refractivity contribution in [3.05, 3.63) is 23.7 Å². The second-order valence-electron chi connectivity index (χ2n) is 5.03. The van der Waals surface area contributed by atoms with Crippen LogP contribution in [0.4, 0.5) is 0 Å². The van der Waals surface area contributed by atoms with Crippen LogP contribution >= 0.6 is 0 Å². The highest BCUT2D eigenvalue weighted by Gasteiger charge is 2.14. The molecule has 1 saturated heterocycles. The Morgan fingerprint density at radius 3 is 2.90 bits per heavy atom. The van der Waals surface area contributed by atoms with E-state index in [1.165, 1.54) is 18.9 Å². The van der Waals surface area contributed by atoms with Crippen LogP contribution in [-0.4, -0.2) is 29.6 Å². The van der Waals surface area contributed by atoms with E-state index >= 15 is 0 Å². The third-order valence-electron chi connectivity index (χ3n) is 3.46. The van der Waals surface area contributed by atoms with Crippen molar-refractivity contribution < 1.29 is 19.1 Å². The summed E-state index contributed by atoms with van der Waals surface area (Å²) < 4.78 is 5.06. The minimum absolute atomic E-state index is 0.0364. The van der Waals surface area contributed by atoms with Gasteiger partial charge in [0.25, 0.3) is 0 Å². The van der Waals surface area contributed by atoms with Crippen molar-refractivity contribution in [3.63, 3.8) is 0 Å². The number of nitrogens with one attached hydrogen (secondary N) is 2. The second-order valence-corrected chi connectivity index (χ2v) is 5.03. The predicted octanol–water partition coefficient (Wildman–Crippen LogP) is 1.52. The molecule has 1 atom stereocenters. The quantitative estimate of drug-likeness (QED) is 0.734. The van der Waals surface area contributed by atoms with E-state index in [1.54, 1.807) is 6.07 Å². The van der Waals surface area contributed by atoms with Gasteiger partial charge in [0.2, 0.25) is 11.7 Å². The summed E-state index contributed by atoms with van der Waals surface area (Å²) in [7, 11) is 0. The van der Waals surface area contributed by atoms with Crippen LogP contribution in [0.3, 0.4) is 0 Å². The van der Waals surface area contributed by atoms with Gasteiger partial charge in [0.05, 0.1) is 6.54 Å². The topological polar surface area (TPSA) is 91.6 Å². The SMILES string of the molecule is O=C(CCC1CCCCN1)NCc1ccc(C(=O)O)o1. The third kappa shape index (κ3) is 4.38. The van der Waals surface area contributed by atoms with Crippen molar-refractivity contribution in [3.8, 4) is 0 Å². The van der Waals surface area contributed by atoms with Crippen LogP contribution in [-0.2, 0) is 11.3 Å². The van der Waals surface area contributed by atoms with E-state index in [9.17, 15) is 9.59 Å². The summed E-state index contributed by atoms with van der Waals surface area (Å²) in [5, 5.41) is 14.9. The molecule has 1 unspecified atom stereocenters. The molecule has 20 heavy (non-hydrogen) atoms. The normalized spacial score (nSPS) is 18.7. The zero-order chi connectivity index (χ0) is 14.4. The zero-order valence-electron chi connectivity index (χ0n) is 11.4. The number of carboxylic acids is 1. The number of furan rings is 1. The van der Waals surface area contributed by atoms with Crippen molar-refractivity contribution in [1.82, 2.24) is 10.6 Å². The maximum Gasteiger partial charge on any atom is 0.371 e. The van der Waals surface area contributed by atoms with Crippen LogP contribution in [0.15, 0.2) is 16.5 Å². The Hall–Kier alpha value is -1.82. The third-order valence-corrected chi connectivity index (χ3v) is 3.46. The second kappa shape index (κ2) is 7.09. The summed E-state index contributed by atoms with van der Waals surface area (Å²) >= 11 is 0. The van der Waals surface area contributed by atoms with Crippen molar-refractivity contribution in [2.45, 2.75) is 44.7 Å². The number of aromatic carboxylic acids is 1. The average Bonchev–Trinajstić information content (AvgIpc) is 2.93. The molecule has 110 valence electrons. The molecule has 0 spiro atoms. The standard InChI is InChI=1S/C14H20N2O4/c17-13(7-4-10-3-1-2-8-15-10)16-9-11-5-6-12(20-11)14(18)19/h5-6,10,15H,1-4,7-9H2,(H,16,17)(H,18,19). The van der Waals surface area contributed by atoms with Crippen LogP contribution in [0, 0.1) is 0 Å². The number of rotatable bonds is 6. The molecular formula is C14H20N2O4. The van der Waals surface area contributed by atoms with Gasteiger partial charge in [-0.15, -0.1) is 0 Å². The maximum absolute atomic E-state index is 11.7. The smallest absolute Gasteiger partial charge is 0.371 e. The molecule has 0 aromatic carbocycles. The first-order chi connectivity index (χ1) is 9.65. The van der Waals surface area contributed by atoms with E-state index in [-0.39, 0.29) is 18.2 Å². The first kappa shape index (κ1) is 14.6. The van der Waals surface area contributed by atoms with Gasteiger partial charge in [0, 0.05) is 12.5 Å². The van der Waals surface area contributed by atoms with E-state index < -0.39 is 5.97 Å². The molecule has 1 aromatic heterocycles. The van der Waals surface area contributed by atoms with Gasteiger partial charge in [-0.3, -0.25) is 4.79 Å². The van der Waals surface area contributed by atoms with Crippen molar-refractivity contribution >= 4 is 11.9 Å². The number of carboxylic acid groups (broad SMARTS) is 1. The summed E-state index contributed by atoms with van der Waals surface area (Å²) in [5.41, 5.74) is 0. The van der Waals surface area contributed by atoms with E-state index in [1.807, 2.05) is 0 Å². The molecule has 0 saturated carbocycles. The monoisotopic (exact) mass is 280 g/mol. The van der Waals surface area contributed by atoms with Gasteiger partial charge in [-0.2, -0.15) is 0 Å². The summed E-state index contributed by atoms with van der Waals surface area (Å²) in [5.74, 6) is -0.802. The zero-order valence-corrected chi connectivity index (χ0v) is 11.4. The fourth-order valence-corrected chi connectivity index (χ4v) is 2.34. The Bertz CT molecular complexity index is 463. The van der Waals surface area contributed by atoms with Gasteiger partial charge in [0.1, 0.15) is 5.76 Å². The van der Waals surface area contributed by atoms with Crippen LogP contribution in [0.25, 0.3) is 0 Å². The maximum atomic E-state index is 11.7. The summed E-state index contributed by atoms with van der Waals surface area (Å²) in [6, 6.07) is 3.39. The van der Waals surface area contributed by atoms with Crippen molar-refractivity contribution in [1.29, 1.82) is 0 Å². The average molecular weight is 280 g/mol. The van der Waals surface area contributed by atoms with E-state index in [4.69, 9.17) is 9.52 Å². The molecule has 2 heterocycles. The molecule has 1 fully saturated rings. The number of piperidine rings is 1. The molecule has 0 bridgehead atoms. The van der Waals surface area contributed by atoms with Crippen LogP contribution < -0.4 is 10.6 Å². The summed E-state index contributed by atoms with van der Waals surface area (Å²) in [6.45, 7) is 1.26. The Kier molecular flexibility index (Phi) is 5.17. The number of carbonyl (C=O) groups is 2.